The minimum absolute atomic E-state index is 0.589. The van der Waals surface area contributed by atoms with Gasteiger partial charge in [0.25, 0.3) is 0 Å². The summed E-state index contributed by atoms with van der Waals surface area (Å²) in [5.74, 6) is 0. The molecule has 0 atom stereocenters. The van der Waals surface area contributed by atoms with E-state index in [1.54, 1.807) is 0 Å². The molecule has 55 heavy (non-hydrogen) atoms. The second-order valence-corrected chi connectivity index (χ2v) is 14.6. The van der Waals surface area contributed by atoms with E-state index in [1.807, 2.05) is 0 Å². The van der Waals surface area contributed by atoms with Gasteiger partial charge < -0.3 is 9.80 Å². The standard InChI is InChI=1S/C53H46N2/c1-39-15-11-23-49(35-39)54(50-24-12-16-40(2)36-50)47-31-27-45(28-32-47)53(43-19-7-5-8-20-43,44-21-9-6-10-22-44)46-29-33-48(34-30-46)55(51-25-13-17-41(3)37-51)52-26-14-18-42(4)38-52/h5-38H,1-4H3. The van der Waals surface area contributed by atoms with Crippen molar-refractivity contribution in [3.63, 3.8) is 0 Å². The molecular formula is C53H46N2. The van der Waals surface area contributed by atoms with Gasteiger partial charge in [-0.05, 0) is 145 Å². The van der Waals surface area contributed by atoms with E-state index in [0.29, 0.717) is 0 Å². The van der Waals surface area contributed by atoms with E-state index >= 15 is 0 Å². The fraction of sp³-hybridized carbons (Fsp3) is 0.0943. The summed E-state index contributed by atoms with van der Waals surface area (Å²) in [7, 11) is 0. The van der Waals surface area contributed by atoms with Crippen LogP contribution in [0.4, 0.5) is 34.1 Å². The number of aryl methyl sites for hydroxylation is 4. The maximum Gasteiger partial charge on any atom is 0.0701 e. The molecule has 0 radical (unpaired) electrons. The maximum absolute atomic E-state index is 2.36. The van der Waals surface area contributed by atoms with E-state index in [4.69, 9.17) is 0 Å². The summed E-state index contributed by atoms with van der Waals surface area (Å²) >= 11 is 0. The topological polar surface area (TPSA) is 6.48 Å². The third kappa shape index (κ3) is 7.07. The molecule has 8 aromatic rings. The normalized spacial score (nSPS) is 11.3. The third-order valence-corrected chi connectivity index (χ3v) is 10.6. The molecule has 0 unspecified atom stereocenters. The van der Waals surface area contributed by atoms with Gasteiger partial charge in [0, 0.05) is 34.1 Å². The zero-order chi connectivity index (χ0) is 37.8. The van der Waals surface area contributed by atoms with Gasteiger partial charge in [0.05, 0.1) is 5.41 Å². The Morgan fingerprint density at radius 2 is 0.527 bits per heavy atom. The Balaban J connectivity index is 1.31. The van der Waals surface area contributed by atoms with Crippen LogP contribution in [0, 0.1) is 27.7 Å². The Morgan fingerprint density at radius 1 is 0.255 bits per heavy atom. The van der Waals surface area contributed by atoms with Crippen LogP contribution in [0.15, 0.2) is 206 Å². The van der Waals surface area contributed by atoms with Crippen molar-refractivity contribution in [3.05, 3.63) is 251 Å². The molecule has 0 aliphatic carbocycles. The number of hydrogen-bond acceptors (Lipinski definition) is 2. The van der Waals surface area contributed by atoms with Gasteiger partial charge >= 0.3 is 0 Å². The van der Waals surface area contributed by atoms with Crippen molar-refractivity contribution in [1.29, 1.82) is 0 Å². The predicted molar refractivity (Wildman–Crippen MR) is 233 cm³/mol. The molecule has 0 aliphatic heterocycles. The first-order valence-corrected chi connectivity index (χ1v) is 19.1. The quantitative estimate of drug-likeness (QED) is 0.130. The summed E-state index contributed by atoms with van der Waals surface area (Å²) in [6, 6.07) is 75.3. The molecule has 0 amide bonds. The number of anilines is 6. The Bertz CT molecular complexity index is 2250. The Morgan fingerprint density at radius 3 is 0.800 bits per heavy atom. The molecule has 8 aromatic carbocycles. The molecule has 2 nitrogen and oxygen atoms in total. The van der Waals surface area contributed by atoms with E-state index in [2.05, 4.69) is 244 Å². The van der Waals surface area contributed by atoms with Crippen molar-refractivity contribution in [2.24, 2.45) is 0 Å². The highest BCUT2D eigenvalue weighted by Crippen LogP contribution is 2.47. The molecule has 0 aliphatic rings. The number of rotatable bonds is 10. The summed E-state index contributed by atoms with van der Waals surface area (Å²) in [6.07, 6.45) is 0. The minimum atomic E-state index is -0.589. The van der Waals surface area contributed by atoms with Crippen molar-refractivity contribution in [3.8, 4) is 0 Å². The van der Waals surface area contributed by atoms with Crippen LogP contribution >= 0.6 is 0 Å². The Hall–Kier alpha value is -6.64. The average Bonchev–Trinajstić information content (AvgIpc) is 3.21. The Labute approximate surface area is 326 Å². The lowest BCUT2D eigenvalue weighted by atomic mass is 9.65. The summed E-state index contributed by atoms with van der Waals surface area (Å²) in [5.41, 5.74) is 15.9. The number of hydrogen-bond donors (Lipinski definition) is 0. The van der Waals surface area contributed by atoms with Crippen LogP contribution in [-0.2, 0) is 5.41 Å². The largest absolute Gasteiger partial charge is 0.310 e. The SMILES string of the molecule is Cc1cccc(N(c2ccc(C(c3ccccc3)(c3ccccc3)c3ccc(N(c4cccc(C)c4)c4cccc(C)c4)cc3)cc2)c2cccc(C)c2)c1. The van der Waals surface area contributed by atoms with Crippen molar-refractivity contribution in [1.82, 2.24) is 0 Å². The molecule has 0 heterocycles. The van der Waals surface area contributed by atoms with Gasteiger partial charge in [0.1, 0.15) is 0 Å². The lowest BCUT2D eigenvalue weighted by Gasteiger charge is -2.37. The number of nitrogens with zero attached hydrogens (tertiary/aromatic N) is 2. The highest BCUT2D eigenvalue weighted by atomic mass is 15.1. The lowest BCUT2D eigenvalue weighted by molar-refractivity contribution is 0.745. The van der Waals surface area contributed by atoms with E-state index in [9.17, 15) is 0 Å². The first kappa shape index (κ1) is 35.4. The lowest BCUT2D eigenvalue weighted by Crippen LogP contribution is -2.31. The minimum Gasteiger partial charge on any atom is -0.310 e. The molecule has 0 bridgehead atoms. The van der Waals surface area contributed by atoms with Crippen LogP contribution in [0.2, 0.25) is 0 Å². The fourth-order valence-corrected chi connectivity index (χ4v) is 8.06. The maximum atomic E-state index is 2.36. The molecule has 0 N–H and O–H groups in total. The molecule has 0 saturated heterocycles. The summed E-state index contributed by atoms with van der Waals surface area (Å²) < 4.78 is 0. The van der Waals surface area contributed by atoms with E-state index in [0.717, 1.165) is 34.1 Å². The monoisotopic (exact) mass is 710 g/mol. The summed E-state index contributed by atoms with van der Waals surface area (Å²) in [5, 5.41) is 0. The van der Waals surface area contributed by atoms with Gasteiger partial charge in [-0.2, -0.15) is 0 Å². The van der Waals surface area contributed by atoms with Gasteiger partial charge in [-0.3, -0.25) is 0 Å². The van der Waals surface area contributed by atoms with Crippen LogP contribution in [-0.4, -0.2) is 0 Å². The smallest absolute Gasteiger partial charge is 0.0701 e. The van der Waals surface area contributed by atoms with Crippen molar-refractivity contribution >= 4 is 34.1 Å². The third-order valence-electron chi connectivity index (χ3n) is 10.6. The zero-order valence-electron chi connectivity index (χ0n) is 32.0. The first-order valence-electron chi connectivity index (χ1n) is 19.1. The Kier molecular flexibility index (Phi) is 9.90. The molecular weight excluding hydrogens is 665 g/mol. The highest BCUT2D eigenvalue weighted by molar-refractivity contribution is 5.79. The predicted octanol–water partition coefficient (Wildman–Crippen LogP) is 14.2. The van der Waals surface area contributed by atoms with Crippen LogP contribution in [0.5, 0.6) is 0 Å². The van der Waals surface area contributed by atoms with Gasteiger partial charge in [-0.1, -0.05) is 133 Å². The highest BCUT2D eigenvalue weighted by Gasteiger charge is 2.38. The second-order valence-electron chi connectivity index (χ2n) is 14.6. The molecule has 2 heteroatoms. The van der Waals surface area contributed by atoms with Crippen LogP contribution in [0.1, 0.15) is 44.5 Å². The van der Waals surface area contributed by atoms with Gasteiger partial charge in [-0.25, -0.2) is 0 Å². The van der Waals surface area contributed by atoms with Gasteiger partial charge in [0.2, 0.25) is 0 Å². The van der Waals surface area contributed by atoms with Crippen molar-refractivity contribution in [2.45, 2.75) is 33.1 Å². The number of benzene rings is 8. The first-order chi connectivity index (χ1) is 26.9. The molecule has 0 spiro atoms. The molecule has 0 fully saturated rings. The zero-order valence-corrected chi connectivity index (χ0v) is 32.0. The average molecular weight is 711 g/mol. The van der Waals surface area contributed by atoms with Crippen molar-refractivity contribution in [2.75, 3.05) is 9.80 Å². The van der Waals surface area contributed by atoms with Gasteiger partial charge in [0.15, 0.2) is 0 Å². The van der Waals surface area contributed by atoms with Crippen LogP contribution in [0.25, 0.3) is 0 Å². The molecule has 0 saturated carbocycles. The van der Waals surface area contributed by atoms with E-state index < -0.39 is 5.41 Å². The summed E-state index contributed by atoms with van der Waals surface area (Å²) in [6.45, 7) is 8.62. The fourth-order valence-electron chi connectivity index (χ4n) is 8.06. The van der Waals surface area contributed by atoms with Crippen LogP contribution in [0.3, 0.4) is 0 Å². The molecule has 8 rings (SSSR count). The van der Waals surface area contributed by atoms with Crippen molar-refractivity contribution < 1.29 is 0 Å². The molecule has 268 valence electrons. The second kappa shape index (κ2) is 15.4. The van der Waals surface area contributed by atoms with Gasteiger partial charge in [-0.15, -0.1) is 0 Å². The van der Waals surface area contributed by atoms with E-state index in [1.165, 1.54) is 44.5 Å². The van der Waals surface area contributed by atoms with E-state index in [-0.39, 0.29) is 0 Å². The molecule has 0 aromatic heterocycles. The summed E-state index contributed by atoms with van der Waals surface area (Å²) in [4.78, 5) is 4.72. The van der Waals surface area contributed by atoms with Crippen LogP contribution < -0.4 is 9.80 Å².